The van der Waals surface area contributed by atoms with Crippen LogP contribution in [0.2, 0.25) is 0 Å². The molecular formula is C22H21O4P. The lowest BCUT2D eigenvalue weighted by atomic mass is 10.0. The van der Waals surface area contributed by atoms with Crippen LogP contribution in [0, 0.1) is 0 Å². The molecule has 4 rings (SSSR count). The van der Waals surface area contributed by atoms with Crippen LogP contribution in [0.1, 0.15) is 11.1 Å². The minimum Gasteiger partial charge on any atom is -0.436 e. The lowest BCUT2D eigenvalue weighted by Crippen LogP contribution is -2.28. The van der Waals surface area contributed by atoms with Crippen LogP contribution >= 0.6 is 7.37 Å². The van der Waals surface area contributed by atoms with E-state index in [1.54, 1.807) is 0 Å². The van der Waals surface area contributed by atoms with E-state index >= 15 is 0 Å². The normalized spacial score (nSPS) is 17.7. The van der Waals surface area contributed by atoms with E-state index in [0.29, 0.717) is 29.2 Å². The van der Waals surface area contributed by atoms with Gasteiger partial charge in [0.25, 0.3) is 0 Å². The molecule has 0 aliphatic carbocycles. The van der Waals surface area contributed by atoms with Gasteiger partial charge in [0, 0.05) is 18.8 Å². The fourth-order valence-electron chi connectivity index (χ4n) is 3.59. The maximum absolute atomic E-state index is 14.3. The van der Waals surface area contributed by atoms with Gasteiger partial charge < -0.3 is 14.7 Å². The van der Waals surface area contributed by atoms with E-state index in [1.807, 2.05) is 66.7 Å². The number of rotatable bonds is 5. The fourth-order valence-corrected chi connectivity index (χ4v) is 6.18. The van der Waals surface area contributed by atoms with E-state index in [0.717, 1.165) is 22.3 Å². The molecule has 0 saturated heterocycles. The SMILES string of the molecule is O=P1(c2cc(CCO)ccc2CCO)Oc2ccccc2-c2ccccc21. The van der Waals surface area contributed by atoms with Crippen molar-refractivity contribution in [3.63, 3.8) is 0 Å². The van der Waals surface area contributed by atoms with E-state index < -0.39 is 7.37 Å². The van der Waals surface area contributed by atoms with Crippen molar-refractivity contribution in [3.05, 3.63) is 77.9 Å². The standard InChI is InChI=1S/C22H21O4P/c23-13-11-16-9-10-17(12-14-24)22(15-16)27(25)21-8-4-2-6-19(21)18-5-1-3-7-20(18)26-27/h1-10,15,23-24H,11-14H2. The smallest absolute Gasteiger partial charge is 0.307 e. The number of aliphatic hydroxyl groups excluding tert-OH is 2. The van der Waals surface area contributed by atoms with E-state index in [-0.39, 0.29) is 13.2 Å². The van der Waals surface area contributed by atoms with Gasteiger partial charge in [0.1, 0.15) is 5.75 Å². The second-order valence-electron chi connectivity index (χ2n) is 6.57. The molecule has 1 heterocycles. The molecule has 0 spiro atoms. The molecule has 0 saturated carbocycles. The predicted molar refractivity (Wildman–Crippen MR) is 107 cm³/mol. The van der Waals surface area contributed by atoms with Crippen molar-refractivity contribution in [1.29, 1.82) is 0 Å². The molecule has 1 atom stereocenters. The van der Waals surface area contributed by atoms with Crippen molar-refractivity contribution >= 4 is 18.0 Å². The summed E-state index contributed by atoms with van der Waals surface area (Å²) < 4.78 is 20.5. The van der Waals surface area contributed by atoms with Crippen molar-refractivity contribution in [3.8, 4) is 16.9 Å². The first kappa shape index (κ1) is 18.0. The van der Waals surface area contributed by atoms with Crippen molar-refractivity contribution in [2.45, 2.75) is 12.8 Å². The Morgan fingerprint density at radius 1 is 0.778 bits per heavy atom. The van der Waals surface area contributed by atoms with Gasteiger partial charge in [-0.1, -0.05) is 48.5 Å². The maximum atomic E-state index is 14.3. The molecule has 5 heteroatoms. The van der Waals surface area contributed by atoms with E-state index in [2.05, 4.69) is 0 Å². The van der Waals surface area contributed by atoms with Crippen LogP contribution in [0.15, 0.2) is 66.7 Å². The third kappa shape index (κ3) is 3.10. The van der Waals surface area contributed by atoms with Crippen molar-refractivity contribution in [2.24, 2.45) is 0 Å². The molecule has 3 aromatic rings. The van der Waals surface area contributed by atoms with Crippen LogP contribution < -0.4 is 15.1 Å². The van der Waals surface area contributed by atoms with Crippen LogP contribution in [0.25, 0.3) is 11.1 Å². The molecule has 0 fully saturated rings. The quantitative estimate of drug-likeness (QED) is 0.668. The summed E-state index contributed by atoms with van der Waals surface area (Å²) in [5, 5.41) is 20.1. The zero-order valence-corrected chi connectivity index (χ0v) is 15.7. The monoisotopic (exact) mass is 380 g/mol. The number of aliphatic hydroxyl groups is 2. The first-order chi connectivity index (χ1) is 13.2. The van der Waals surface area contributed by atoms with Gasteiger partial charge in [0.15, 0.2) is 0 Å². The molecule has 4 nitrogen and oxygen atoms in total. The van der Waals surface area contributed by atoms with Crippen LogP contribution in [0.3, 0.4) is 0 Å². The van der Waals surface area contributed by atoms with Gasteiger partial charge in [-0.2, -0.15) is 0 Å². The molecule has 0 bridgehead atoms. The summed E-state index contributed by atoms with van der Waals surface area (Å²) in [4.78, 5) is 0. The van der Waals surface area contributed by atoms with Gasteiger partial charge in [-0.3, -0.25) is 4.57 Å². The van der Waals surface area contributed by atoms with E-state index in [1.165, 1.54) is 0 Å². The molecule has 138 valence electrons. The highest BCUT2D eigenvalue weighted by Gasteiger charge is 2.39. The summed E-state index contributed by atoms with van der Waals surface area (Å²) in [5.41, 5.74) is 3.53. The largest absolute Gasteiger partial charge is 0.436 e. The summed E-state index contributed by atoms with van der Waals surface area (Å²) in [6.45, 7) is -0.0199. The maximum Gasteiger partial charge on any atom is 0.307 e. The predicted octanol–water partition coefficient (Wildman–Crippen LogP) is 3.04. The van der Waals surface area contributed by atoms with Crippen LogP contribution in [0.4, 0.5) is 0 Å². The average molecular weight is 380 g/mol. The van der Waals surface area contributed by atoms with Crippen LogP contribution in [-0.4, -0.2) is 23.4 Å². The summed E-state index contributed by atoms with van der Waals surface area (Å²) in [5.74, 6) is 0.599. The van der Waals surface area contributed by atoms with Crippen molar-refractivity contribution in [1.82, 2.24) is 0 Å². The second kappa shape index (κ2) is 7.32. The Bertz CT molecular complexity index is 1030. The number of fused-ring (bicyclic) bond motifs is 3. The van der Waals surface area contributed by atoms with Gasteiger partial charge >= 0.3 is 7.37 Å². The Morgan fingerprint density at radius 3 is 2.26 bits per heavy atom. The Balaban J connectivity index is 1.96. The van der Waals surface area contributed by atoms with Gasteiger partial charge in [-0.25, -0.2) is 0 Å². The Kier molecular flexibility index (Phi) is 4.88. The van der Waals surface area contributed by atoms with Crippen molar-refractivity contribution < 1.29 is 19.3 Å². The zero-order valence-electron chi connectivity index (χ0n) is 14.8. The average Bonchev–Trinajstić information content (AvgIpc) is 2.70. The van der Waals surface area contributed by atoms with Crippen LogP contribution in [-0.2, 0) is 17.4 Å². The van der Waals surface area contributed by atoms with E-state index in [9.17, 15) is 14.8 Å². The van der Waals surface area contributed by atoms with Gasteiger partial charge in [-0.05, 0) is 47.7 Å². The molecule has 1 unspecified atom stereocenters. The molecule has 2 N–H and O–H groups in total. The summed E-state index contributed by atoms with van der Waals surface area (Å²) in [7, 11) is -3.40. The van der Waals surface area contributed by atoms with Crippen LogP contribution in [0.5, 0.6) is 5.75 Å². The molecule has 0 amide bonds. The zero-order chi connectivity index (χ0) is 18.9. The lowest BCUT2D eigenvalue weighted by molar-refractivity contribution is 0.298. The molecule has 27 heavy (non-hydrogen) atoms. The number of para-hydroxylation sites is 1. The first-order valence-electron chi connectivity index (χ1n) is 9.00. The molecular weight excluding hydrogens is 359 g/mol. The van der Waals surface area contributed by atoms with Gasteiger partial charge in [0.05, 0.1) is 10.6 Å². The minimum absolute atomic E-state index is 0.0172. The van der Waals surface area contributed by atoms with Gasteiger partial charge in [-0.15, -0.1) is 0 Å². The highest BCUT2D eigenvalue weighted by molar-refractivity contribution is 7.75. The minimum atomic E-state index is -3.40. The van der Waals surface area contributed by atoms with E-state index in [4.69, 9.17) is 4.52 Å². The molecule has 0 radical (unpaired) electrons. The Labute approximate surface area is 158 Å². The molecule has 1 aliphatic heterocycles. The van der Waals surface area contributed by atoms with Crippen molar-refractivity contribution in [2.75, 3.05) is 13.2 Å². The number of hydrogen-bond acceptors (Lipinski definition) is 4. The van der Waals surface area contributed by atoms with Gasteiger partial charge in [0.2, 0.25) is 0 Å². The number of hydrogen-bond donors (Lipinski definition) is 2. The molecule has 3 aromatic carbocycles. The lowest BCUT2D eigenvalue weighted by Gasteiger charge is -2.30. The number of benzene rings is 3. The summed E-state index contributed by atoms with van der Waals surface area (Å²) in [6, 6.07) is 20.9. The topological polar surface area (TPSA) is 66.8 Å². The highest BCUT2D eigenvalue weighted by Crippen LogP contribution is 2.54. The summed E-state index contributed by atoms with van der Waals surface area (Å²) >= 11 is 0. The first-order valence-corrected chi connectivity index (χ1v) is 10.6. The molecule has 1 aliphatic rings. The summed E-state index contributed by atoms with van der Waals surface area (Å²) in [6.07, 6.45) is 0.872. The third-order valence-corrected chi connectivity index (χ3v) is 7.40. The molecule has 0 aromatic heterocycles. The third-order valence-electron chi connectivity index (χ3n) is 4.87. The fraction of sp³-hybridized carbons (Fsp3) is 0.182. The Hall–Kier alpha value is -2.39. The Morgan fingerprint density at radius 2 is 1.48 bits per heavy atom. The second-order valence-corrected chi connectivity index (χ2v) is 8.82. The highest BCUT2D eigenvalue weighted by atomic mass is 31.2.